The summed E-state index contributed by atoms with van der Waals surface area (Å²) in [5, 5.41) is 9.43. The Hall–Kier alpha value is -1.14. The smallest absolute Gasteiger partial charge is 0.134 e. The minimum atomic E-state index is 0.801. The zero-order valence-corrected chi connectivity index (χ0v) is 10.5. The van der Waals surface area contributed by atoms with Gasteiger partial charge in [-0.25, -0.2) is 4.98 Å². The first kappa shape index (κ1) is 11.3. The molecule has 0 aromatic carbocycles. The third kappa shape index (κ3) is 2.93. The van der Waals surface area contributed by atoms with E-state index in [1.54, 1.807) is 18.0 Å². The minimum Gasteiger partial charge on any atom is -0.374 e. The van der Waals surface area contributed by atoms with Crippen LogP contribution < -0.4 is 5.32 Å². The minimum absolute atomic E-state index is 0.801. The second kappa shape index (κ2) is 5.81. The average molecular weight is 252 g/mol. The zero-order chi connectivity index (χ0) is 11.2. The number of aromatic nitrogens is 3. The van der Waals surface area contributed by atoms with E-state index in [2.05, 4.69) is 26.8 Å². The Morgan fingerprint density at radius 2 is 2.38 bits per heavy atom. The van der Waals surface area contributed by atoms with Gasteiger partial charge in [0.15, 0.2) is 0 Å². The van der Waals surface area contributed by atoms with E-state index in [9.17, 15) is 0 Å². The monoisotopic (exact) mass is 252 g/mol. The van der Waals surface area contributed by atoms with Crippen LogP contribution >= 0.6 is 23.3 Å². The lowest BCUT2D eigenvalue weighted by Crippen LogP contribution is -1.97. The van der Waals surface area contributed by atoms with Crippen molar-refractivity contribution < 1.29 is 0 Å². The SMILES string of the molecule is CCNc1snnc1CSc1ccccn1. The van der Waals surface area contributed by atoms with E-state index in [1.807, 2.05) is 18.2 Å². The lowest BCUT2D eigenvalue weighted by Gasteiger charge is -2.01. The second-order valence-electron chi connectivity index (χ2n) is 3.04. The molecule has 2 heterocycles. The van der Waals surface area contributed by atoms with Crippen LogP contribution in [0.15, 0.2) is 29.4 Å². The summed E-state index contributed by atoms with van der Waals surface area (Å²) in [6, 6.07) is 5.90. The van der Waals surface area contributed by atoms with Gasteiger partial charge in [0, 0.05) is 30.0 Å². The lowest BCUT2D eigenvalue weighted by molar-refractivity contribution is 1.06. The Morgan fingerprint density at radius 1 is 1.44 bits per heavy atom. The fourth-order valence-corrected chi connectivity index (χ4v) is 2.71. The van der Waals surface area contributed by atoms with Crippen molar-refractivity contribution in [3.8, 4) is 0 Å². The Kier molecular flexibility index (Phi) is 4.12. The topological polar surface area (TPSA) is 50.7 Å². The number of thioether (sulfide) groups is 1. The predicted octanol–water partition coefficient (Wildman–Crippen LogP) is 2.66. The van der Waals surface area contributed by atoms with Crippen LogP contribution in [-0.2, 0) is 5.75 Å². The van der Waals surface area contributed by atoms with Crippen molar-refractivity contribution >= 4 is 28.3 Å². The average Bonchev–Trinajstić information content (AvgIpc) is 2.76. The van der Waals surface area contributed by atoms with Crippen LogP contribution in [0, 0.1) is 0 Å². The number of nitrogens with one attached hydrogen (secondary N) is 1. The third-order valence-electron chi connectivity index (χ3n) is 1.89. The molecule has 2 aromatic rings. The number of hydrogen-bond donors (Lipinski definition) is 1. The third-order valence-corrected chi connectivity index (χ3v) is 3.57. The number of anilines is 1. The first-order valence-corrected chi connectivity index (χ1v) is 6.75. The van der Waals surface area contributed by atoms with E-state index in [0.717, 1.165) is 28.0 Å². The molecule has 2 aromatic heterocycles. The Morgan fingerprint density at radius 3 is 3.12 bits per heavy atom. The molecule has 0 saturated carbocycles. The highest BCUT2D eigenvalue weighted by atomic mass is 32.2. The largest absolute Gasteiger partial charge is 0.374 e. The summed E-state index contributed by atoms with van der Waals surface area (Å²) in [6.07, 6.45) is 1.80. The maximum Gasteiger partial charge on any atom is 0.134 e. The first-order chi connectivity index (χ1) is 7.90. The van der Waals surface area contributed by atoms with E-state index in [4.69, 9.17) is 0 Å². The van der Waals surface area contributed by atoms with Crippen molar-refractivity contribution in [3.63, 3.8) is 0 Å². The lowest BCUT2D eigenvalue weighted by atomic mass is 10.5. The molecule has 4 nitrogen and oxygen atoms in total. The molecule has 16 heavy (non-hydrogen) atoms. The summed E-state index contributed by atoms with van der Waals surface area (Å²) in [6.45, 7) is 2.96. The second-order valence-corrected chi connectivity index (χ2v) is 4.79. The van der Waals surface area contributed by atoms with Crippen LogP contribution in [0.25, 0.3) is 0 Å². The van der Waals surface area contributed by atoms with E-state index in [-0.39, 0.29) is 0 Å². The summed E-state index contributed by atoms with van der Waals surface area (Å²) in [7, 11) is 0. The van der Waals surface area contributed by atoms with Gasteiger partial charge in [-0.05, 0) is 19.1 Å². The van der Waals surface area contributed by atoms with Gasteiger partial charge in [-0.1, -0.05) is 22.3 Å². The molecule has 0 saturated heterocycles. The van der Waals surface area contributed by atoms with Gasteiger partial charge in [-0.3, -0.25) is 0 Å². The number of rotatable bonds is 5. The highest BCUT2D eigenvalue weighted by molar-refractivity contribution is 7.98. The summed E-state index contributed by atoms with van der Waals surface area (Å²) in [5.41, 5.74) is 1.00. The number of hydrogen-bond acceptors (Lipinski definition) is 6. The van der Waals surface area contributed by atoms with E-state index in [1.165, 1.54) is 11.5 Å². The van der Waals surface area contributed by atoms with Gasteiger partial charge in [0.2, 0.25) is 0 Å². The first-order valence-electron chi connectivity index (χ1n) is 4.99. The van der Waals surface area contributed by atoms with Gasteiger partial charge in [0.05, 0.1) is 5.03 Å². The maximum atomic E-state index is 4.25. The van der Waals surface area contributed by atoms with Crippen LogP contribution in [0.3, 0.4) is 0 Å². The van der Waals surface area contributed by atoms with Crippen molar-refractivity contribution in [2.75, 3.05) is 11.9 Å². The molecule has 2 rings (SSSR count). The Labute approximate surface area is 103 Å². The van der Waals surface area contributed by atoms with Gasteiger partial charge >= 0.3 is 0 Å². The molecule has 0 bridgehead atoms. The molecule has 84 valence electrons. The van der Waals surface area contributed by atoms with E-state index >= 15 is 0 Å². The van der Waals surface area contributed by atoms with Gasteiger partial charge in [-0.15, -0.1) is 5.10 Å². The number of nitrogens with zero attached hydrogens (tertiary/aromatic N) is 3. The van der Waals surface area contributed by atoms with Crippen molar-refractivity contribution in [2.24, 2.45) is 0 Å². The molecule has 0 aliphatic heterocycles. The van der Waals surface area contributed by atoms with Gasteiger partial charge in [-0.2, -0.15) is 0 Å². The Balaban J connectivity index is 1.97. The van der Waals surface area contributed by atoms with Crippen LogP contribution in [0.5, 0.6) is 0 Å². The molecule has 6 heteroatoms. The van der Waals surface area contributed by atoms with Crippen LogP contribution in [0.2, 0.25) is 0 Å². The quantitative estimate of drug-likeness (QED) is 0.829. The summed E-state index contributed by atoms with van der Waals surface area (Å²) < 4.78 is 3.95. The summed E-state index contributed by atoms with van der Waals surface area (Å²) in [5.74, 6) is 0.801. The van der Waals surface area contributed by atoms with Gasteiger partial charge < -0.3 is 5.32 Å². The van der Waals surface area contributed by atoms with Crippen molar-refractivity contribution in [1.82, 2.24) is 14.6 Å². The zero-order valence-electron chi connectivity index (χ0n) is 8.88. The van der Waals surface area contributed by atoms with Gasteiger partial charge in [0.1, 0.15) is 10.7 Å². The van der Waals surface area contributed by atoms with Crippen LogP contribution in [0.4, 0.5) is 5.00 Å². The molecule has 0 fully saturated rings. The molecule has 0 radical (unpaired) electrons. The van der Waals surface area contributed by atoms with E-state index in [0.29, 0.717) is 0 Å². The molecule has 0 atom stereocenters. The predicted molar refractivity (Wildman–Crippen MR) is 67.9 cm³/mol. The molecule has 1 N–H and O–H groups in total. The van der Waals surface area contributed by atoms with Crippen LogP contribution in [0.1, 0.15) is 12.6 Å². The molecular formula is C10H12N4S2. The van der Waals surface area contributed by atoms with E-state index < -0.39 is 0 Å². The highest BCUT2D eigenvalue weighted by Crippen LogP contribution is 2.25. The fourth-order valence-electron chi connectivity index (χ4n) is 1.17. The van der Waals surface area contributed by atoms with Crippen molar-refractivity contribution in [3.05, 3.63) is 30.1 Å². The fraction of sp³-hybridized carbons (Fsp3) is 0.300. The molecule has 0 spiro atoms. The highest BCUT2D eigenvalue weighted by Gasteiger charge is 2.07. The Bertz CT molecular complexity index is 429. The van der Waals surface area contributed by atoms with Crippen molar-refractivity contribution in [2.45, 2.75) is 17.7 Å². The normalized spacial score (nSPS) is 10.3. The van der Waals surface area contributed by atoms with Crippen molar-refractivity contribution in [1.29, 1.82) is 0 Å². The van der Waals surface area contributed by atoms with Crippen LogP contribution in [-0.4, -0.2) is 21.1 Å². The van der Waals surface area contributed by atoms with Gasteiger partial charge in [0.25, 0.3) is 0 Å². The maximum absolute atomic E-state index is 4.25. The summed E-state index contributed by atoms with van der Waals surface area (Å²) in [4.78, 5) is 4.25. The molecule has 0 aliphatic carbocycles. The molecule has 0 unspecified atom stereocenters. The molecule has 0 amide bonds. The molecule has 0 aliphatic rings. The number of pyridine rings is 1. The standard InChI is InChI=1S/C10H12N4S2/c1-2-11-10-8(13-14-16-10)7-15-9-5-3-4-6-12-9/h3-6,11H,2,7H2,1H3. The molecular weight excluding hydrogens is 240 g/mol. The summed E-state index contributed by atoms with van der Waals surface area (Å²) >= 11 is 3.07.